The van der Waals surface area contributed by atoms with E-state index in [1.807, 2.05) is 31.2 Å². The van der Waals surface area contributed by atoms with E-state index in [-0.39, 0.29) is 42.4 Å². The highest BCUT2D eigenvalue weighted by Crippen LogP contribution is 2.25. The number of hydrogen-bond acceptors (Lipinski definition) is 4. The van der Waals surface area contributed by atoms with E-state index >= 15 is 0 Å². The molecule has 0 spiro atoms. The molecule has 0 bridgehead atoms. The Labute approximate surface area is 178 Å². The Morgan fingerprint density at radius 1 is 1.30 bits per heavy atom. The Hall–Kier alpha value is -1.27. The minimum Gasteiger partial charge on any atom is -0.456 e. The largest absolute Gasteiger partial charge is 0.456 e. The number of esters is 1. The number of rotatable bonds is 8. The van der Waals surface area contributed by atoms with E-state index in [1.165, 1.54) is 12.5 Å². The highest BCUT2D eigenvalue weighted by molar-refractivity contribution is 6.30. The zero-order chi connectivity index (χ0) is 18.4. The number of halogens is 3. The third-order valence-electron chi connectivity index (χ3n) is 4.26. The second-order valence-electron chi connectivity index (χ2n) is 6.71. The molecule has 2 N–H and O–H groups in total. The number of H-pyrrole nitrogens is 1. The van der Waals surface area contributed by atoms with Gasteiger partial charge in [-0.05, 0) is 57.9 Å². The Kier molecular flexibility index (Phi) is 11.0. The van der Waals surface area contributed by atoms with Gasteiger partial charge < -0.3 is 15.0 Å². The molecule has 1 aromatic heterocycles. The fraction of sp³-hybridized carbons (Fsp3) is 0.474. The maximum Gasteiger partial charge on any atom is 0.303 e. The lowest BCUT2D eigenvalue weighted by molar-refractivity contribution is -0.147. The van der Waals surface area contributed by atoms with Crippen LogP contribution in [0.15, 0.2) is 30.6 Å². The van der Waals surface area contributed by atoms with Crippen LogP contribution in [0.2, 0.25) is 5.02 Å². The van der Waals surface area contributed by atoms with E-state index in [0.717, 1.165) is 35.8 Å². The predicted octanol–water partition coefficient (Wildman–Crippen LogP) is 5.12. The van der Waals surface area contributed by atoms with Crippen LogP contribution in [0.5, 0.6) is 0 Å². The van der Waals surface area contributed by atoms with Crippen LogP contribution in [0.4, 0.5) is 0 Å². The first kappa shape index (κ1) is 25.7. The first-order valence-corrected chi connectivity index (χ1v) is 8.85. The van der Waals surface area contributed by atoms with Crippen molar-refractivity contribution in [2.75, 3.05) is 6.54 Å². The number of ether oxygens (including phenoxy) is 1. The molecule has 0 aliphatic carbocycles. The Morgan fingerprint density at radius 3 is 2.44 bits per heavy atom. The molecule has 0 radical (unpaired) electrons. The van der Waals surface area contributed by atoms with Gasteiger partial charge in [0.15, 0.2) is 0 Å². The average Bonchev–Trinajstić information content (AvgIpc) is 2.96. The Morgan fingerprint density at radius 2 is 1.93 bits per heavy atom. The molecule has 1 unspecified atom stereocenters. The first-order valence-electron chi connectivity index (χ1n) is 8.48. The zero-order valence-electron chi connectivity index (χ0n) is 16.0. The van der Waals surface area contributed by atoms with Crippen LogP contribution in [0.25, 0.3) is 0 Å². The molecule has 0 fully saturated rings. The summed E-state index contributed by atoms with van der Waals surface area (Å²) in [5, 5.41) is 4.29. The Bertz CT molecular complexity index is 702. The van der Waals surface area contributed by atoms with Gasteiger partial charge in [0.1, 0.15) is 11.8 Å². The number of nitrogens with one attached hydrogen (secondary N) is 2. The van der Waals surface area contributed by atoms with Crippen LogP contribution >= 0.6 is 36.4 Å². The standard InChI is InChI=1S/C19H26ClN3O2.2ClH/c1-13-18(22-12-21-13)17(25-14(2)24)6-5-11-23-19(3,4)15-7-9-16(20)10-8-15;;/h7-10,12,17,23H,5-6,11H2,1-4H3,(H,21,22);2*1H. The van der Waals surface area contributed by atoms with Gasteiger partial charge in [0, 0.05) is 23.2 Å². The summed E-state index contributed by atoms with van der Waals surface area (Å²) in [4.78, 5) is 18.7. The first-order chi connectivity index (χ1) is 11.8. The van der Waals surface area contributed by atoms with Crippen molar-refractivity contribution in [3.8, 4) is 0 Å². The molecule has 0 aliphatic rings. The molecule has 1 atom stereocenters. The summed E-state index contributed by atoms with van der Waals surface area (Å²) >= 11 is 5.96. The lowest BCUT2D eigenvalue weighted by atomic mass is 9.94. The van der Waals surface area contributed by atoms with Gasteiger partial charge in [-0.3, -0.25) is 4.79 Å². The number of imidazole rings is 1. The van der Waals surface area contributed by atoms with Gasteiger partial charge in [0.2, 0.25) is 0 Å². The molecule has 2 rings (SSSR count). The van der Waals surface area contributed by atoms with Crippen molar-refractivity contribution in [1.29, 1.82) is 0 Å². The van der Waals surface area contributed by atoms with Crippen LogP contribution in [-0.2, 0) is 15.1 Å². The summed E-state index contributed by atoms with van der Waals surface area (Å²) < 4.78 is 5.44. The molecule has 1 aromatic carbocycles. The van der Waals surface area contributed by atoms with Crippen LogP contribution in [0, 0.1) is 6.92 Å². The molecule has 152 valence electrons. The second kappa shape index (κ2) is 11.5. The summed E-state index contributed by atoms with van der Waals surface area (Å²) in [6, 6.07) is 7.86. The molecule has 1 heterocycles. The number of aromatic nitrogens is 2. The third-order valence-corrected chi connectivity index (χ3v) is 4.51. The maximum atomic E-state index is 11.4. The molecule has 5 nitrogen and oxygen atoms in total. The van der Waals surface area contributed by atoms with Gasteiger partial charge in [-0.15, -0.1) is 24.8 Å². The van der Waals surface area contributed by atoms with Crippen LogP contribution < -0.4 is 5.32 Å². The van der Waals surface area contributed by atoms with Gasteiger partial charge in [0.25, 0.3) is 0 Å². The highest BCUT2D eigenvalue weighted by Gasteiger charge is 2.22. The zero-order valence-corrected chi connectivity index (χ0v) is 18.4. The summed E-state index contributed by atoms with van der Waals surface area (Å²) in [7, 11) is 0. The van der Waals surface area contributed by atoms with Crippen molar-refractivity contribution in [1.82, 2.24) is 15.3 Å². The van der Waals surface area contributed by atoms with Crippen LogP contribution in [0.3, 0.4) is 0 Å². The van der Waals surface area contributed by atoms with Gasteiger partial charge in [-0.1, -0.05) is 23.7 Å². The Balaban J connectivity index is 0.00000338. The summed E-state index contributed by atoms with van der Waals surface area (Å²) in [6.07, 6.45) is 2.89. The van der Waals surface area contributed by atoms with E-state index in [1.54, 1.807) is 6.33 Å². The minimum absolute atomic E-state index is 0. The topological polar surface area (TPSA) is 67.0 Å². The van der Waals surface area contributed by atoms with E-state index in [0.29, 0.717) is 0 Å². The summed E-state index contributed by atoms with van der Waals surface area (Å²) in [6.45, 7) is 8.43. The molecule has 2 aromatic rings. The molecule has 27 heavy (non-hydrogen) atoms. The quantitative estimate of drug-likeness (QED) is 0.445. The van der Waals surface area contributed by atoms with E-state index < -0.39 is 0 Å². The molecular weight excluding hydrogens is 409 g/mol. The van der Waals surface area contributed by atoms with Crippen LogP contribution in [-0.4, -0.2) is 22.5 Å². The number of hydrogen-bond donors (Lipinski definition) is 2. The van der Waals surface area contributed by atoms with Gasteiger partial charge in [-0.2, -0.15) is 0 Å². The number of aryl methyl sites for hydroxylation is 1. The smallest absolute Gasteiger partial charge is 0.303 e. The number of nitrogens with zero attached hydrogens (tertiary/aromatic N) is 1. The number of aromatic amines is 1. The number of carbonyl (C=O) groups is 1. The maximum absolute atomic E-state index is 11.4. The summed E-state index contributed by atoms with van der Waals surface area (Å²) in [5.41, 5.74) is 2.74. The van der Waals surface area contributed by atoms with Crippen LogP contribution in [0.1, 0.15) is 56.7 Å². The fourth-order valence-corrected chi connectivity index (χ4v) is 2.93. The highest BCUT2D eigenvalue weighted by atomic mass is 35.5. The SMILES string of the molecule is CC(=O)OC(CCCNC(C)(C)c1ccc(Cl)cc1)c1nc[nH]c1C.Cl.Cl. The minimum atomic E-state index is -0.316. The van der Waals surface area contributed by atoms with Gasteiger partial charge in [0.05, 0.1) is 6.33 Å². The van der Waals surface area contributed by atoms with Crippen molar-refractivity contribution in [3.05, 3.63) is 52.6 Å². The number of benzene rings is 1. The lowest BCUT2D eigenvalue weighted by Crippen LogP contribution is -2.37. The average molecular weight is 437 g/mol. The molecular formula is C19H28Cl3N3O2. The fourth-order valence-electron chi connectivity index (χ4n) is 2.80. The molecule has 8 heteroatoms. The van der Waals surface area contributed by atoms with E-state index in [2.05, 4.69) is 29.1 Å². The van der Waals surface area contributed by atoms with Crippen molar-refractivity contribution >= 4 is 42.4 Å². The summed E-state index contributed by atoms with van der Waals surface area (Å²) in [5.74, 6) is -0.290. The molecule has 0 saturated heterocycles. The van der Waals surface area contributed by atoms with Crippen molar-refractivity contribution in [3.63, 3.8) is 0 Å². The van der Waals surface area contributed by atoms with Crippen molar-refractivity contribution in [2.24, 2.45) is 0 Å². The second-order valence-corrected chi connectivity index (χ2v) is 7.15. The molecule has 0 amide bonds. The molecule has 0 aliphatic heterocycles. The van der Waals surface area contributed by atoms with E-state index in [4.69, 9.17) is 16.3 Å². The predicted molar refractivity (Wildman–Crippen MR) is 114 cm³/mol. The molecule has 0 saturated carbocycles. The lowest BCUT2D eigenvalue weighted by Gasteiger charge is -2.27. The van der Waals surface area contributed by atoms with Crippen molar-refractivity contribution < 1.29 is 9.53 Å². The van der Waals surface area contributed by atoms with E-state index in [9.17, 15) is 4.79 Å². The number of carbonyl (C=O) groups excluding carboxylic acids is 1. The normalized spacial score (nSPS) is 11.9. The van der Waals surface area contributed by atoms with Crippen molar-refractivity contribution in [2.45, 2.75) is 52.2 Å². The monoisotopic (exact) mass is 435 g/mol. The van der Waals surface area contributed by atoms with Gasteiger partial charge in [-0.25, -0.2) is 4.98 Å². The third kappa shape index (κ3) is 7.70. The van der Waals surface area contributed by atoms with Gasteiger partial charge >= 0.3 is 5.97 Å².